The third-order valence-corrected chi connectivity index (χ3v) is 7.20. The number of carbonyl (C=O) groups is 1. The zero-order valence-corrected chi connectivity index (χ0v) is 20.8. The molecule has 3 aromatic rings. The molecular weight excluding hydrogens is 448 g/mol. The summed E-state index contributed by atoms with van der Waals surface area (Å²) >= 11 is 0. The van der Waals surface area contributed by atoms with Crippen molar-refractivity contribution in [2.24, 2.45) is 5.73 Å². The summed E-state index contributed by atoms with van der Waals surface area (Å²) in [6.07, 6.45) is 5.24. The van der Waals surface area contributed by atoms with Crippen LogP contribution in [-0.2, 0) is 11.2 Å². The molecule has 0 bridgehead atoms. The third kappa shape index (κ3) is 5.14. The fourth-order valence-corrected chi connectivity index (χ4v) is 5.27. The normalized spacial score (nSPS) is 18.3. The van der Waals surface area contributed by atoms with Crippen LogP contribution in [0.15, 0.2) is 66.7 Å². The van der Waals surface area contributed by atoms with Crippen molar-refractivity contribution in [3.63, 3.8) is 0 Å². The smallest absolute Gasteiger partial charge is 0.270 e. The minimum Gasteiger partial charge on any atom is -0.476 e. The van der Waals surface area contributed by atoms with Crippen LogP contribution < -0.4 is 20.7 Å². The molecule has 1 heterocycles. The van der Waals surface area contributed by atoms with Crippen LogP contribution in [0.25, 0.3) is 0 Å². The van der Waals surface area contributed by atoms with E-state index < -0.39 is 6.10 Å². The monoisotopic (exact) mass is 482 g/mol. The fourth-order valence-electron chi connectivity index (χ4n) is 5.27. The molecule has 1 aliphatic heterocycles. The first-order chi connectivity index (χ1) is 17.5. The number of nitrogens with one attached hydrogen (secondary N) is 2. The number of hydrogen-bond donors (Lipinski definition) is 3. The lowest BCUT2D eigenvalue weighted by molar-refractivity contribution is -0.123. The highest BCUT2D eigenvalue weighted by atomic mass is 16.5. The van der Waals surface area contributed by atoms with Gasteiger partial charge in [0.15, 0.2) is 0 Å². The second-order valence-electron chi connectivity index (χ2n) is 9.81. The molecule has 5 rings (SSSR count). The Morgan fingerprint density at radius 1 is 1.06 bits per heavy atom. The summed E-state index contributed by atoms with van der Waals surface area (Å²) in [6.45, 7) is 2.88. The Bertz CT molecular complexity index is 1260. The molecule has 6 nitrogen and oxygen atoms in total. The molecule has 0 spiro atoms. The third-order valence-electron chi connectivity index (χ3n) is 7.20. The molecule has 0 aromatic heterocycles. The summed E-state index contributed by atoms with van der Waals surface area (Å²) in [5, 5.41) is 11.4. The molecule has 4 N–H and O–H groups in total. The highest BCUT2D eigenvalue weighted by Gasteiger charge is 2.25. The number of anilines is 2. The fraction of sp³-hybridized carbons (Fsp3) is 0.333. The van der Waals surface area contributed by atoms with E-state index in [0.29, 0.717) is 17.3 Å². The molecule has 1 aliphatic carbocycles. The van der Waals surface area contributed by atoms with Gasteiger partial charge in [0.25, 0.3) is 5.91 Å². The van der Waals surface area contributed by atoms with E-state index in [1.54, 1.807) is 0 Å². The van der Waals surface area contributed by atoms with Crippen LogP contribution in [0.2, 0.25) is 0 Å². The molecular formula is C30H34N4O2. The number of benzene rings is 3. The summed E-state index contributed by atoms with van der Waals surface area (Å²) in [5.74, 6) is 1.06. The topological polar surface area (TPSA) is 91.4 Å². The summed E-state index contributed by atoms with van der Waals surface area (Å²) < 4.78 is 6.31. The molecule has 36 heavy (non-hydrogen) atoms. The zero-order valence-electron chi connectivity index (χ0n) is 20.8. The number of rotatable bonds is 6. The van der Waals surface area contributed by atoms with Crippen molar-refractivity contribution in [2.75, 3.05) is 16.8 Å². The lowest BCUT2D eigenvalue weighted by Crippen LogP contribution is -2.35. The molecule has 1 saturated heterocycles. The number of piperidine rings is 1. The number of fused-ring (bicyclic) bond motifs is 1. The van der Waals surface area contributed by atoms with Crippen molar-refractivity contribution in [1.82, 2.24) is 0 Å². The molecule has 2 unspecified atom stereocenters. The number of nitrogens with zero attached hydrogens (tertiary/aromatic N) is 1. The van der Waals surface area contributed by atoms with Crippen molar-refractivity contribution in [3.8, 4) is 5.75 Å². The van der Waals surface area contributed by atoms with Gasteiger partial charge in [-0.05, 0) is 86.1 Å². The van der Waals surface area contributed by atoms with Gasteiger partial charge in [0.05, 0.1) is 0 Å². The number of amidine groups is 1. The number of aryl methyl sites for hydroxylation is 2. The number of hydrogen-bond acceptors (Lipinski definition) is 4. The molecule has 2 aliphatic rings. The van der Waals surface area contributed by atoms with E-state index in [4.69, 9.17) is 15.9 Å². The van der Waals surface area contributed by atoms with E-state index in [1.807, 2.05) is 67.6 Å². The van der Waals surface area contributed by atoms with Gasteiger partial charge in [-0.1, -0.05) is 36.4 Å². The van der Waals surface area contributed by atoms with E-state index in [1.165, 1.54) is 5.56 Å². The highest BCUT2D eigenvalue weighted by Crippen LogP contribution is 2.33. The predicted molar refractivity (Wildman–Crippen MR) is 145 cm³/mol. The first kappa shape index (κ1) is 24.1. The van der Waals surface area contributed by atoms with E-state index >= 15 is 0 Å². The van der Waals surface area contributed by atoms with Crippen molar-refractivity contribution < 1.29 is 9.53 Å². The number of ether oxygens (including phenoxy) is 1. The van der Waals surface area contributed by atoms with Crippen molar-refractivity contribution in [1.29, 1.82) is 5.41 Å². The average molecular weight is 483 g/mol. The number of amides is 1. The largest absolute Gasteiger partial charge is 0.476 e. The summed E-state index contributed by atoms with van der Waals surface area (Å²) in [5.41, 5.74) is 12.3. The van der Waals surface area contributed by atoms with E-state index in [9.17, 15) is 4.79 Å². The molecule has 2 atom stereocenters. The predicted octanol–water partition coefficient (Wildman–Crippen LogP) is 6.06. The Morgan fingerprint density at radius 2 is 1.89 bits per heavy atom. The number of nitrogens with two attached hydrogens (primary N) is 1. The molecule has 0 radical (unpaired) electrons. The maximum absolute atomic E-state index is 13.5. The zero-order chi connectivity index (χ0) is 25.1. The van der Waals surface area contributed by atoms with Gasteiger partial charge < -0.3 is 20.7 Å². The van der Waals surface area contributed by atoms with Gasteiger partial charge >= 0.3 is 0 Å². The SMILES string of the molecule is Cc1cc(NC(=O)C(Oc2ccc3c(c2)C(N)CCC3)c2ccccc2)ccc1N1CCCCC1=N. The van der Waals surface area contributed by atoms with Gasteiger partial charge in [0, 0.05) is 35.9 Å². The second-order valence-corrected chi connectivity index (χ2v) is 9.81. The molecule has 0 saturated carbocycles. The molecule has 3 aromatic carbocycles. The Hall–Kier alpha value is -3.64. The second kappa shape index (κ2) is 10.5. The highest BCUT2D eigenvalue weighted by molar-refractivity contribution is 5.98. The average Bonchev–Trinajstić information content (AvgIpc) is 2.89. The van der Waals surface area contributed by atoms with Crippen LogP contribution in [0.1, 0.15) is 66.5 Å². The maximum Gasteiger partial charge on any atom is 0.270 e. The molecule has 1 fully saturated rings. The minimum atomic E-state index is -0.806. The van der Waals surface area contributed by atoms with Crippen LogP contribution >= 0.6 is 0 Å². The maximum atomic E-state index is 13.5. The van der Waals surface area contributed by atoms with Gasteiger partial charge in [-0.15, -0.1) is 0 Å². The first-order valence-electron chi connectivity index (χ1n) is 12.9. The first-order valence-corrected chi connectivity index (χ1v) is 12.9. The van der Waals surface area contributed by atoms with E-state index in [-0.39, 0.29) is 11.9 Å². The Labute approximate surface area is 213 Å². The molecule has 6 heteroatoms. The lowest BCUT2D eigenvalue weighted by atomic mass is 9.88. The van der Waals surface area contributed by atoms with E-state index in [2.05, 4.69) is 16.3 Å². The van der Waals surface area contributed by atoms with Gasteiger partial charge in [-0.3, -0.25) is 10.2 Å². The van der Waals surface area contributed by atoms with Crippen molar-refractivity contribution >= 4 is 23.1 Å². The Kier molecular flexibility index (Phi) is 7.05. The minimum absolute atomic E-state index is 0.00387. The van der Waals surface area contributed by atoms with Crippen LogP contribution in [0.5, 0.6) is 5.75 Å². The van der Waals surface area contributed by atoms with Crippen LogP contribution in [0.4, 0.5) is 11.4 Å². The van der Waals surface area contributed by atoms with Crippen LogP contribution in [-0.4, -0.2) is 18.3 Å². The summed E-state index contributed by atoms with van der Waals surface area (Å²) in [4.78, 5) is 15.6. The van der Waals surface area contributed by atoms with Crippen molar-refractivity contribution in [2.45, 2.75) is 57.6 Å². The van der Waals surface area contributed by atoms with Gasteiger partial charge in [-0.25, -0.2) is 0 Å². The van der Waals surface area contributed by atoms with Gasteiger partial charge in [0.2, 0.25) is 6.10 Å². The van der Waals surface area contributed by atoms with Crippen molar-refractivity contribution in [3.05, 3.63) is 89.0 Å². The Balaban J connectivity index is 1.37. The summed E-state index contributed by atoms with van der Waals surface area (Å²) in [7, 11) is 0. The quantitative estimate of drug-likeness (QED) is 0.398. The van der Waals surface area contributed by atoms with Gasteiger partial charge in [-0.2, -0.15) is 0 Å². The standard InChI is InChI=1S/C30H34N4O2/c1-20-18-23(14-16-27(20)34-17-6-5-12-28(34)32)33-30(35)29(22-8-3-2-4-9-22)36-24-15-13-21-10-7-11-26(31)25(21)19-24/h2-4,8-9,13-16,18-19,26,29,32H,5-7,10-12,17,31H2,1H3,(H,33,35). The Morgan fingerprint density at radius 3 is 2.67 bits per heavy atom. The summed E-state index contributed by atoms with van der Waals surface area (Å²) in [6, 6.07) is 21.4. The van der Waals surface area contributed by atoms with Crippen LogP contribution in [0, 0.1) is 12.3 Å². The molecule has 1 amide bonds. The van der Waals surface area contributed by atoms with E-state index in [0.717, 1.165) is 67.4 Å². The lowest BCUT2D eigenvalue weighted by Gasteiger charge is -2.30. The van der Waals surface area contributed by atoms with Crippen LogP contribution in [0.3, 0.4) is 0 Å². The molecule has 186 valence electrons. The van der Waals surface area contributed by atoms with Gasteiger partial charge in [0.1, 0.15) is 11.6 Å². The number of carbonyl (C=O) groups excluding carboxylic acids is 1.